The van der Waals surface area contributed by atoms with Gasteiger partial charge in [0.2, 0.25) is 11.8 Å². The van der Waals surface area contributed by atoms with E-state index in [1.807, 2.05) is 13.8 Å². The Bertz CT molecular complexity index is 637. The van der Waals surface area contributed by atoms with Crippen LogP contribution < -0.4 is 0 Å². The zero-order valence-corrected chi connectivity index (χ0v) is 17.2. The molecule has 0 radical (unpaired) electrons. The fraction of sp³-hybridized carbons (Fsp3) is 0.870. The van der Waals surface area contributed by atoms with Crippen molar-refractivity contribution in [1.82, 2.24) is 4.90 Å². The van der Waals surface area contributed by atoms with E-state index in [-0.39, 0.29) is 47.2 Å². The van der Waals surface area contributed by atoms with Crippen LogP contribution in [0.1, 0.15) is 78.1 Å². The van der Waals surface area contributed by atoms with Crippen LogP contribution in [0.15, 0.2) is 0 Å². The van der Waals surface area contributed by atoms with Crippen LogP contribution in [0.25, 0.3) is 0 Å². The lowest BCUT2D eigenvalue weighted by molar-refractivity contribution is -0.192. The van der Waals surface area contributed by atoms with Crippen LogP contribution in [0.2, 0.25) is 0 Å². The van der Waals surface area contributed by atoms with E-state index in [9.17, 15) is 14.4 Å². The molecule has 5 nitrogen and oxygen atoms in total. The number of hydrogen-bond acceptors (Lipinski definition) is 4. The monoisotopic (exact) mass is 387 g/mol. The van der Waals surface area contributed by atoms with E-state index >= 15 is 0 Å². The maximum atomic E-state index is 13.0. The van der Waals surface area contributed by atoms with E-state index in [4.69, 9.17) is 4.74 Å². The molecule has 0 aromatic carbocycles. The smallest absolute Gasteiger partial charge is 0.309 e. The Morgan fingerprint density at radius 2 is 1.32 bits per heavy atom. The number of carbonyl (C=O) groups excluding carboxylic acids is 3. The minimum atomic E-state index is -0.216. The summed E-state index contributed by atoms with van der Waals surface area (Å²) in [7, 11) is 0. The number of amides is 2. The molecule has 0 spiro atoms. The van der Waals surface area contributed by atoms with Crippen molar-refractivity contribution in [2.24, 2.45) is 35.5 Å². The Labute approximate surface area is 167 Å². The van der Waals surface area contributed by atoms with E-state index < -0.39 is 0 Å². The van der Waals surface area contributed by atoms with Gasteiger partial charge in [0.15, 0.2) is 0 Å². The van der Waals surface area contributed by atoms with Gasteiger partial charge in [0.05, 0.1) is 5.92 Å². The number of imide groups is 1. The molecule has 2 unspecified atom stereocenters. The van der Waals surface area contributed by atoms with Gasteiger partial charge >= 0.3 is 5.97 Å². The quantitative estimate of drug-likeness (QED) is 0.547. The normalized spacial score (nSPS) is 47.6. The molecule has 154 valence electrons. The highest BCUT2D eigenvalue weighted by Crippen LogP contribution is 2.57. The molecule has 0 aromatic rings. The number of esters is 1. The van der Waals surface area contributed by atoms with Gasteiger partial charge in [0, 0.05) is 17.9 Å². The van der Waals surface area contributed by atoms with Gasteiger partial charge in [0.25, 0.3) is 0 Å². The summed E-state index contributed by atoms with van der Waals surface area (Å²) in [6.07, 6.45) is 10.2. The minimum Gasteiger partial charge on any atom is -0.459 e. The zero-order valence-electron chi connectivity index (χ0n) is 17.2. The Hall–Kier alpha value is -1.39. The van der Waals surface area contributed by atoms with Crippen molar-refractivity contribution in [1.29, 1.82) is 0 Å². The summed E-state index contributed by atoms with van der Waals surface area (Å²) in [5, 5.41) is 0. The maximum Gasteiger partial charge on any atom is 0.309 e. The minimum absolute atomic E-state index is 0.0128. The van der Waals surface area contributed by atoms with Gasteiger partial charge < -0.3 is 4.74 Å². The number of hydrogen-bond donors (Lipinski definition) is 0. The average Bonchev–Trinajstić information content (AvgIpc) is 2.83. The predicted molar refractivity (Wildman–Crippen MR) is 103 cm³/mol. The molecule has 5 heteroatoms. The molecule has 28 heavy (non-hydrogen) atoms. The van der Waals surface area contributed by atoms with E-state index in [0.717, 1.165) is 62.7 Å². The second-order valence-corrected chi connectivity index (χ2v) is 10.7. The van der Waals surface area contributed by atoms with Gasteiger partial charge in [-0.1, -0.05) is 13.8 Å². The standard InChI is InChI=1S/C23H33NO4/c1-13-14(2)21(26)24(20(13)25)19-5-3-18(4-6-19)22(27)28-23-10-15-7-16(11-23)9-17(8-15)12-23/h13-19H,3-12H2,1-2H3. The Kier molecular flexibility index (Phi) is 4.37. The first-order valence-corrected chi connectivity index (χ1v) is 11.4. The first-order valence-electron chi connectivity index (χ1n) is 11.4. The molecule has 6 rings (SSSR count). The van der Waals surface area contributed by atoms with Crippen LogP contribution in [0.5, 0.6) is 0 Å². The summed E-state index contributed by atoms with van der Waals surface area (Å²) in [4.78, 5) is 39.4. The second-order valence-electron chi connectivity index (χ2n) is 10.7. The van der Waals surface area contributed by atoms with Gasteiger partial charge in [-0.25, -0.2) is 0 Å². The highest BCUT2D eigenvalue weighted by Gasteiger charge is 2.54. The van der Waals surface area contributed by atoms with Crippen LogP contribution in [-0.2, 0) is 19.1 Å². The van der Waals surface area contributed by atoms with E-state index in [2.05, 4.69) is 0 Å². The third kappa shape index (κ3) is 2.91. The van der Waals surface area contributed by atoms with Crippen molar-refractivity contribution in [3.8, 4) is 0 Å². The summed E-state index contributed by atoms with van der Waals surface area (Å²) in [6, 6.07) is -0.0315. The van der Waals surface area contributed by atoms with Gasteiger partial charge in [-0.3, -0.25) is 19.3 Å². The van der Waals surface area contributed by atoms with Crippen LogP contribution >= 0.6 is 0 Å². The molecule has 2 amide bonds. The molecule has 2 atom stereocenters. The highest BCUT2D eigenvalue weighted by molar-refractivity contribution is 6.05. The van der Waals surface area contributed by atoms with Gasteiger partial charge in [-0.15, -0.1) is 0 Å². The molecule has 5 saturated carbocycles. The Morgan fingerprint density at radius 1 is 0.857 bits per heavy atom. The van der Waals surface area contributed by atoms with Crippen LogP contribution in [0.4, 0.5) is 0 Å². The average molecular weight is 388 g/mol. The van der Waals surface area contributed by atoms with Gasteiger partial charge in [-0.05, 0) is 82.0 Å². The number of carbonyl (C=O) groups is 3. The molecule has 5 aliphatic carbocycles. The van der Waals surface area contributed by atoms with E-state index in [1.54, 1.807) is 0 Å². The topological polar surface area (TPSA) is 63.7 Å². The predicted octanol–water partition coefficient (Wildman–Crippen LogP) is 3.70. The van der Waals surface area contributed by atoms with Crippen LogP contribution in [-0.4, -0.2) is 34.3 Å². The first-order chi connectivity index (χ1) is 13.3. The summed E-state index contributed by atoms with van der Waals surface area (Å²) < 4.78 is 6.24. The maximum absolute atomic E-state index is 13.0. The largest absolute Gasteiger partial charge is 0.459 e. The summed E-state index contributed by atoms with van der Waals surface area (Å²) in [6.45, 7) is 3.69. The van der Waals surface area contributed by atoms with E-state index in [0.29, 0.717) is 0 Å². The first kappa shape index (κ1) is 18.6. The number of rotatable bonds is 3. The Morgan fingerprint density at radius 3 is 1.79 bits per heavy atom. The van der Waals surface area contributed by atoms with Crippen LogP contribution in [0, 0.1) is 35.5 Å². The SMILES string of the molecule is CC1C(=O)N(C2CCC(C(=O)OC34CC5CC(CC(C5)C3)C4)CC2)C(=O)C1C. The van der Waals surface area contributed by atoms with Crippen molar-refractivity contribution in [3.05, 3.63) is 0 Å². The third-order valence-corrected chi connectivity index (χ3v) is 8.70. The molecule has 0 aromatic heterocycles. The molecule has 1 heterocycles. The van der Waals surface area contributed by atoms with Crippen molar-refractivity contribution in [2.45, 2.75) is 89.7 Å². The molecule has 6 aliphatic rings. The van der Waals surface area contributed by atoms with Gasteiger partial charge in [-0.2, -0.15) is 0 Å². The lowest BCUT2D eigenvalue weighted by Crippen LogP contribution is -2.53. The molecule has 0 N–H and O–H groups in total. The van der Waals surface area contributed by atoms with Gasteiger partial charge in [0.1, 0.15) is 5.60 Å². The molecular formula is C23H33NO4. The number of ether oxygens (including phenoxy) is 1. The molecule has 1 aliphatic heterocycles. The lowest BCUT2D eigenvalue weighted by atomic mass is 9.54. The van der Waals surface area contributed by atoms with Crippen LogP contribution in [0.3, 0.4) is 0 Å². The highest BCUT2D eigenvalue weighted by atomic mass is 16.6. The second kappa shape index (κ2) is 6.56. The molecular weight excluding hydrogens is 354 g/mol. The molecule has 6 fully saturated rings. The fourth-order valence-electron chi connectivity index (χ4n) is 7.36. The van der Waals surface area contributed by atoms with Crippen molar-refractivity contribution >= 4 is 17.8 Å². The lowest BCUT2D eigenvalue weighted by Gasteiger charge is -2.56. The Balaban J connectivity index is 1.19. The summed E-state index contributed by atoms with van der Waals surface area (Å²) in [5.74, 6) is 1.74. The fourth-order valence-corrected chi connectivity index (χ4v) is 7.36. The summed E-state index contributed by atoms with van der Waals surface area (Å²) >= 11 is 0. The van der Waals surface area contributed by atoms with Crippen molar-refractivity contribution in [3.63, 3.8) is 0 Å². The molecule has 1 saturated heterocycles. The third-order valence-electron chi connectivity index (χ3n) is 8.70. The molecule has 4 bridgehead atoms. The summed E-state index contributed by atoms with van der Waals surface area (Å²) in [5.41, 5.74) is -0.172. The van der Waals surface area contributed by atoms with Crippen molar-refractivity contribution in [2.75, 3.05) is 0 Å². The van der Waals surface area contributed by atoms with Crippen molar-refractivity contribution < 1.29 is 19.1 Å². The number of likely N-dealkylation sites (tertiary alicyclic amines) is 1. The number of nitrogens with zero attached hydrogens (tertiary/aromatic N) is 1. The van der Waals surface area contributed by atoms with E-state index in [1.165, 1.54) is 24.2 Å². The zero-order chi connectivity index (χ0) is 19.6.